The monoisotopic (exact) mass is 303 g/mol. The van der Waals surface area contributed by atoms with Crippen molar-refractivity contribution in [3.05, 3.63) is 47.8 Å². The van der Waals surface area contributed by atoms with Crippen molar-refractivity contribution in [2.45, 2.75) is 26.4 Å². The maximum atomic E-state index is 13.6. The zero-order valence-corrected chi connectivity index (χ0v) is 11.9. The van der Waals surface area contributed by atoms with Crippen LogP contribution in [0, 0.1) is 5.82 Å². The molecule has 2 N–H and O–H groups in total. The molecule has 0 aliphatic carbocycles. The van der Waals surface area contributed by atoms with Crippen LogP contribution in [0.4, 0.5) is 4.39 Å². The minimum atomic E-state index is -0.297. The Balaban J connectivity index is 0.00000176. The normalized spacial score (nSPS) is 16.2. The number of nitrogens with two attached hydrogens (primary N) is 1. The fourth-order valence-corrected chi connectivity index (χ4v) is 2.73. The molecule has 0 bridgehead atoms. The van der Waals surface area contributed by atoms with Crippen molar-refractivity contribution in [3.63, 3.8) is 0 Å². The number of aryl methyl sites for hydroxylation is 1. The van der Waals surface area contributed by atoms with Gasteiger partial charge in [0.2, 0.25) is 0 Å². The lowest BCUT2D eigenvalue weighted by atomic mass is 9.95. The smallest absolute Gasteiger partial charge is 0.130 e. The molecule has 118 valence electrons. The van der Waals surface area contributed by atoms with Crippen LogP contribution in [0.15, 0.2) is 36.4 Å². The van der Waals surface area contributed by atoms with Gasteiger partial charge < -0.3 is 15.2 Å². The molecular formula is C18H22FNO2. The number of hydrogen-bond acceptors (Lipinski definition) is 3. The van der Waals surface area contributed by atoms with Crippen molar-refractivity contribution in [1.29, 1.82) is 0 Å². The first-order valence-electron chi connectivity index (χ1n) is 7.05. The third-order valence-electron chi connectivity index (χ3n) is 3.83. The van der Waals surface area contributed by atoms with Gasteiger partial charge in [-0.1, -0.05) is 25.6 Å². The average Bonchev–Trinajstić information content (AvgIpc) is 2.53. The molecule has 1 atom stereocenters. The summed E-state index contributed by atoms with van der Waals surface area (Å²) in [5.41, 5.74) is 8.40. The zero-order valence-electron chi connectivity index (χ0n) is 11.9. The van der Waals surface area contributed by atoms with Crippen LogP contribution in [-0.4, -0.2) is 19.8 Å². The molecule has 3 rings (SSSR count). The molecule has 0 radical (unpaired) electrons. The Kier molecular flexibility index (Phi) is 5.03. The second-order valence-corrected chi connectivity index (χ2v) is 5.15. The van der Waals surface area contributed by atoms with E-state index in [0.29, 0.717) is 17.9 Å². The predicted octanol–water partition coefficient (Wildman–Crippen LogP) is 3.79. The molecule has 0 saturated carbocycles. The van der Waals surface area contributed by atoms with Crippen LogP contribution < -0.4 is 15.2 Å². The van der Waals surface area contributed by atoms with E-state index in [2.05, 4.69) is 0 Å². The Bertz CT molecular complexity index is 658. The Morgan fingerprint density at radius 3 is 2.82 bits per heavy atom. The van der Waals surface area contributed by atoms with E-state index >= 15 is 0 Å². The summed E-state index contributed by atoms with van der Waals surface area (Å²) in [5.74, 6) is 1.13. The minimum Gasteiger partial charge on any atom is -0.496 e. The third kappa shape index (κ3) is 2.92. The Hall–Kier alpha value is -2.07. The van der Waals surface area contributed by atoms with Crippen LogP contribution in [-0.2, 0) is 6.42 Å². The number of fused-ring (bicyclic) bond motifs is 1. The molecule has 1 aliphatic rings. The number of methoxy groups -OCH3 is 1. The van der Waals surface area contributed by atoms with Crippen molar-refractivity contribution in [1.82, 2.24) is 0 Å². The quantitative estimate of drug-likeness (QED) is 0.938. The maximum Gasteiger partial charge on any atom is 0.130 e. The topological polar surface area (TPSA) is 44.5 Å². The van der Waals surface area contributed by atoms with Crippen LogP contribution in [0.3, 0.4) is 0 Å². The van der Waals surface area contributed by atoms with Crippen LogP contribution >= 0.6 is 0 Å². The number of halogens is 1. The summed E-state index contributed by atoms with van der Waals surface area (Å²) < 4.78 is 25.0. The second-order valence-electron chi connectivity index (χ2n) is 5.15. The number of rotatable bonds is 3. The summed E-state index contributed by atoms with van der Waals surface area (Å²) in [4.78, 5) is 0. The maximum absolute atomic E-state index is 13.6. The van der Waals surface area contributed by atoms with Crippen molar-refractivity contribution in [2.75, 3.05) is 13.7 Å². The number of hydrogen-bond donors (Lipinski definition) is 1. The molecule has 3 nitrogen and oxygen atoms in total. The van der Waals surface area contributed by atoms with Crippen LogP contribution in [0.5, 0.6) is 11.5 Å². The lowest BCUT2D eigenvalue weighted by molar-refractivity contribution is 0.182. The van der Waals surface area contributed by atoms with E-state index in [1.54, 1.807) is 13.2 Å². The highest BCUT2D eigenvalue weighted by molar-refractivity contribution is 5.77. The van der Waals surface area contributed by atoms with E-state index in [1.807, 2.05) is 18.2 Å². The highest BCUT2D eigenvalue weighted by Gasteiger charge is 2.23. The summed E-state index contributed by atoms with van der Waals surface area (Å²) in [6, 6.07) is 10.4. The van der Waals surface area contributed by atoms with Gasteiger partial charge in [0.05, 0.1) is 7.11 Å². The van der Waals surface area contributed by atoms with Crippen molar-refractivity contribution in [2.24, 2.45) is 5.73 Å². The minimum absolute atomic E-state index is 0. The molecule has 0 saturated heterocycles. The Labute approximate surface area is 130 Å². The molecule has 0 unspecified atom stereocenters. The largest absolute Gasteiger partial charge is 0.496 e. The lowest BCUT2D eigenvalue weighted by Crippen LogP contribution is -2.30. The number of benzene rings is 2. The first kappa shape index (κ1) is 16.3. The SMILES string of the molecule is C.COc1ccc(F)cc1-c1cccc2c1O[C@@H](CN)CC2. The summed E-state index contributed by atoms with van der Waals surface area (Å²) in [6.07, 6.45) is 1.84. The van der Waals surface area contributed by atoms with Gasteiger partial charge in [-0.15, -0.1) is 0 Å². The predicted molar refractivity (Wildman–Crippen MR) is 86.9 cm³/mol. The van der Waals surface area contributed by atoms with Gasteiger partial charge >= 0.3 is 0 Å². The van der Waals surface area contributed by atoms with Gasteiger partial charge in [-0.3, -0.25) is 0 Å². The van der Waals surface area contributed by atoms with Crippen molar-refractivity contribution < 1.29 is 13.9 Å². The fraction of sp³-hybridized carbons (Fsp3) is 0.333. The van der Waals surface area contributed by atoms with Crippen LogP contribution in [0.1, 0.15) is 19.4 Å². The first-order chi connectivity index (χ1) is 10.2. The van der Waals surface area contributed by atoms with Gasteiger partial charge in [0.1, 0.15) is 23.4 Å². The van der Waals surface area contributed by atoms with E-state index < -0.39 is 0 Å². The van der Waals surface area contributed by atoms with Crippen LogP contribution in [0.2, 0.25) is 0 Å². The van der Waals surface area contributed by atoms with E-state index in [-0.39, 0.29) is 19.3 Å². The molecule has 0 amide bonds. The standard InChI is InChI=1S/C17H18FNO2.CH4/c1-20-16-8-6-12(18)9-15(16)14-4-2-3-11-5-7-13(10-19)21-17(11)14;/h2-4,6,8-9,13H,5,7,10,19H2,1H3;1H4/t13-;/m1./s1. The summed E-state index contributed by atoms with van der Waals surface area (Å²) >= 11 is 0. The van der Waals surface area contributed by atoms with Crippen molar-refractivity contribution in [3.8, 4) is 22.6 Å². The van der Waals surface area contributed by atoms with Gasteiger partial charge in [-0.2, -0.15) is 0 Å². The van der Waals surface area contributed by atoms with Gasteiger partial charge in [0.25, 0.3) is 0 Å². The molecule has 0 aromatic heterocycles. The molecule has 0 spiro atoms. The summed E-state index contributed by atoms with van der Waals surface area (Å²) in [5, 5.41) is 0. The van der Waals surface area contributed by atoms with Crippen molar-refractivity contribution >= 4 is 0 Å². The fourth-order valence-electron chi connectivity index (χ4n) is 2.73. The molecule has 1 heterocycles. The molecule has 0 fully saturated rings. The van der Waals surface area contributed by atoms with E-state index in [0.717, 1.165) is 29.7 Å². The highest BCUT2D eigenvalue weighted by Crippen LogP contribution is 2.41. The first-order valence-corrected chi connectivity index (χ1v) is 7.05. The lowest BCUT2D eigenvalue weighted by Gasteiger charge is -2.27. The van der Waals surface area contributed by atoms with Gasteiger partial charge in [-0.25, -0.2) is 4.39 Å². The van der Waals surface area contributed by atoms with Gasteiger partial charge in [0, 0.05) is 17.7 Å². The third-order valence-corrected chi connectivity index (χ3v) is 3.83. The molecule has 1 aliphatic heterocycles. The van der Waals surface area contributed by atoms with E-state index in [9.17, 15) is 4.39 Å². The molecule has 22 heavy (non-hydrogen) atoms. The number of ether oxygens (including phenoxy) is 2. The zero-order chi connectivity index (χ0) is 14.8. The Morgan fingerprint density at radius 1 is 1.27 bits per heavy atom. The molecule has 2 aromatic carbocycles. The number of para-hydroxylation sites is 1. The molecular weight excluding hydrogens is 281 g/mol. The van der Waals surface area contributed by atoms with E-state index in [1.165, 1.54) is 12.1 Å². The van der Waals surface area contributed by atoms with Gasteiger partial charge in [-0.05, 0) is 36.6 Å². The Morgan fingerprint density at radius 2 is 2.09 bits per heavy atom. The van der Waals surface area contributed by atoms with Gasteiger partial charge in [0.15, 0.2) is 0 Å². The average molecular weight is 303 g/mol. The second kappa shape index (κ2) is 6.79. The summed E-state index contributed by atoms with van der Waals surface area (Å²) in [6.45, 7) is 0.480. The highest BCUT2D eigenvalue weighted by atomic mass is 19.1. The molecule has 2 aromatic rings. The summed E-state index contributed by atoms with van der Waals surface area (Å²) in [7, 11) is 1.58. The molecule has 4 heteroatoms. The van der Waals surface area contributed by atoms with Crippen LogP contribution in [0.25, 0.3) is 11.1 Å². The van der Waals surface area contributed by atoms with E-state index in [4.69, 9.17) is 15.2 Å².